The highest BCUT2D eigenvalue weighted by Crippen LogP contribution is 2.19. The van der Waals surface area contributed by atoms with Crippen LogP contribution in [0.25, 0.3) is 5.69 Å². The molecule has 0 atom stereocenters. The summed E-state index contributed by atoms with van der Waals surface area (Å²) in [5.41, 5.74) is 2.28. The van der Waals surface area contributed by atoms with Gasteiger partial charge in [-0.1, -0.05) is 23.4 Å². The van der Waals surface area contributed by atoms with E-state index in [1.165, 1.54) is 27.8 Å². The number of carbonyl (C=O) groups excluding carboxylic acids is 2. The van der Waals surface area contributed by atoms with E-state index in [4.69, 9.17) is 0 Å². The van der Waals surface area contributed by atoms with Crippen LogP contribution < -0.4 is 5.32 Å². The van der Waals surface area contributed by atoms with Gasteiger partial charge in [-0.15, -0.1) is 5.10 Å². The molecule has 1 heterocycles. The summed E-state index contributed by atoms with van der Waals surface area (Å²) < 4.78 is 1.37. The Morgan fingerprint density at radius 2 is 1.87 bits per heavy atom. The van der Waals surface area contributed by atoms with Crippen molar-refractivity contribution in [3.05, 3.63) is 75.6 Å². The van der Waals surface area contributed by atoms with E-state index in [-0.39, 0.29) is 23.7 Å². The number of likely N-dealkylation sites (N-methyl/N-ethyl adjacent to an activating group) is 1. The van der Waals surface area contributed by atoms with Gasteiger partial charge in [0.05, 0.1) is 22.7 Å². The van der Waals surface area contributed by atoms with E-state index in [1.807, 2.05) is 0 Å². The predicted molar refractivity (Wildman–Crippen MR) is 110 cm³/mol. The van der Waals surface area contributed by atoms with E-state index in [0.29, 0.717) is 17.1 Å². The summed E-state index contributed by atoms with van der Waals surface area (Å²) in [4.78, 5) is 36.4. The number of carbonyl (C=O) groups is 2. The molecule has 0 saturated heterocycles. The lowest BCUT2D eigenvalue weighted by molar-refractivity contribution is -0.384. The Kier molecular flexibility index (Phi) is 5.86. The van der Waals surface area contributed by atoms with Crippen molar-refractivity contribution in [1.29, 1.82) is 0 Å². The maximum atomic E-state index is 12.6. The third-order valence-electron chi connectivity index (χ3n) is 4.46. The van der Waals surface area contributed by atoms with Crippen molar-refractivity contribution in [2.45, 2.75) is 13.3 Å². The SMILES string of the molecule is Cc1c(C(=O)Nc2ccc(CC(=O)N(C)C)cc2)nnn1-c1cccc([N+](=O)[O-])c1. The molecule has 0 aliphatic carbocycles. The number of nitrogens with zero attached hydrogens (tertiary/aromatic N) is 5. The fraction of sp³-hybridized carbons (Fsp3) is 0.200. The quantitative estimate of drug-likeness (QED) is 0.493. The van der Waals surface area contributed by atoms with Crippen LogP contribution in [0.15, 0.2) is 48.5 Å². The molecule has 1 aromatic heterocycles. The molecule has 0 unspecified atom stereocenters. The van der Waals surface area contributed by atoms with Crippen LogP contribution in [0, 0.1) is 17.0 Å². The lowest BCUT2D eigenvalue weighted by Gasteiger charge is -2.10. The normalized spacial score (nSPS) is 10.5. The molecule has 0 radical (unpaired) electrons. The summed E-state index contributed by atoms with van der Waals surface area (Å²) >= 11 is 0. The van der Waals surface area contributed by atoms with Gasteiger partial charge >= 0.3 is 0 Å². The third-order valence-corrected chi connectivity index (χ3v) is 4.46. The van der Waals surface area contributed by atoms with Crippen LogP contribution in [-0.4, -0.2) is 50.7 Å². The third kappa shape index (κ3) is 4.49. The summed E-state index contributed by atoms with van der Waals surface area (Å²) in [5.74, 6) is -0.471. The van der Waals surface area contributed by atoms with Gasteiger partial charge in [-0.05, 0) is 30.7 Å². The number of anilines is 1. The Bertz CT molecular complexity index is 1100. The second kappa shape index (κ2) is 8.52. The van der Waals surface area contributed by atoms with Gasteiger partial charge in [0.2, 0.25) is 5.91 Å². The zero-order valence-corrected chi connectivity index (χ0v) is 16.7. The van der Waals surface area contributed by atoms with Gasteiger partial charge in [-0.3, -0.25) is 19.7 Å². The Morgan fingerprint density at radius 1 is 1.17 bits per heavy atom. The number of nitro groups is 1. The molecule has 10 nitrogen and oxygen atoms in total. The van der Waals surface area contributed by atoms with Gasteiger partial charge in [-0.2, -0.15) is 0 Å². The van der Waals surface area contributed by atoms with E-state index in [9.17, 15) is 19.7 Å². The molecule has 0 spiro atoms. The summed E-state index contributed by atoms with van der Waals surface area (Å²) in [6.07, 6.45) is 0.276. The molecular weight excluding hydrogens is 388 g/mol. The van der Waals surface area contributed by atoms with Crippen molar-refractivity contribution < 1.29 is 14.5 Å². The number of non-ortho nitro benzene ring substituents is 1. The van der Waals surface area contributed by atoms with Gasteiger partial charge in [-0.25, -0.2) is 4.68 Å². The van der Waals surface area contributed by atoms with Crippen molar-refractivity contribution in [2.24, 2.45) is 0 Å². The van der Waals surface area contributed by atoms with Crippen LogP contribution in [0.5, 0.6) is 0 Å². The molecule has 0 bridgehead atoms. The first-order chi connectivity index (χ1) is 14.3. The first-order valence-corrected chi connectivity index (χ1v) is 9.04. The minimum atomic E-state index is -0.501. The fourth-order valence-corrected chi connectivity index (χ4v) is 2.75. The Hall–Kier alpha value is -4.08. The van der Waals surface area contributed by atoms with Gasteiger partial charge in [0.15, 0.2) is 5.69 Å². The van der Waals surface area contributed by atoms with Crippen LogP contribution in [0.4, 0.5) is 11.4 Å². The second-order valence-corrected chi connectivity index (χ2v) is 6.83. The standard InChI is InChI=1S/C20H20N6O4/c1-13-19(22-23-25(13)16-5-4-6-17(12-16)26(29)30)20(28)21-15-9-7-14(8-10-15)11-18(27)24(2)3/h4-10,12H,11H2,1-3H3,(H,21,28). The maximum Gasteiger partial charge on any atom is 0.278 e. The minimum absolute atomic E-state index is 0.0137. The number of nitro benzene ring substituents is 1. The van der Waals surface area contributed by atoms with Gasteiger partial charge in [0, 0.05) is 31.9 Å². The average molecular weight is 408 g/mol. The largest absolute Gasteiger partial charge is 0.349 e. The molecule has 3 aromatic rings. The van der Waals surface area contributed by atoms with Crippen LogP contribution in [0.3, 0.4) is 0 Å². The highest BCUT2D eigenvalue weighted by atomic mass is 16.6. The Morgan fingerprint density at radius 3 is 2.50 bits per heavy atom. The lowest BCUT2D eigenvalue weighted by Crippen LogP contribution is -2.23. The average Bonchev–Trinajstić information content (AvgIpc) is 3.11. The topological polar surface area (TPSA) is 123 Å². The second-order valence-electron chi connectivity index (χ2n) is 6.83. The van der Waals surface area contributed by atoms with Gasteiger partial charge < -0.3 is 10.2 Å². The number of rotatable bonds is 6. The van der Waals surface area contributed by atoms with Crippen LogP contribution in [0.1, 0.15) is 21.7 Å². The van der Waals surface area contributed by atoms with Crippen LogP contribution >= 0.6 is 0 Å². The number of nitrogens with one attached hydrogen (secondary N) is 1. The number of benzene rings is 2. The molecule has 10 heteroatoms. The van der Waals surface area contributed by atoms with E-state index >= 15 is 0 Å². The maximum absolute atomic E-state index is 12.6. The highest BCUT2D eigenvalue weighted by Gasteiger charge is 2.19. The van der Waals surface area contributed by atoms with Crippen molar-refractivity contribution in [3.63, 3.8) is 0 Å². The molecular formula is C20H20N6O4. The van der Waals surface area contributed by atoms with Crippen molar-refractivity contribution in [2.75, 3.05) is 19.4 Å². The van der Waals surface area contributed by atoms with Crippen LogP contribution in [0.2, 0.25) is 0 Å². The summed E-state index contributed by atoms with van der Waals surface area (Å²) in [6.45, 7) is 1.66. The number of hydrogen-bond donors (Lipinski definition) is 1. The van der Waals surface area contributed by atoms with Crippen LogP contribution in [-0.2, 0) is 11.2 Å². The van der Waals surface area contributed by atoms with E-state index < -0.39 is 10.8 Å². The van der Waals surface area contributed by atoms with Crippen molar-refractivity contribution in [1.82, 2.24) is 19.9 Å². The molecule has 1 N–H and O–H groups in total. The molecule has 154 valence electrons. The molecule has 2 amide bonds. The van der Waals surface area contributed by atoms with E-state index in [1.54, 1.807) is 51.4 Å². The van der Waals surface area contributed by atoms with E-state index in [2.05, 4.69) is 15.6 Å². The highest BCUT2D eigenvalue weighted by molar-refractivity contribution is 6.03. The molecule has 0 aliphatic rings. The van der Waals surface area contributed by atoms with Gasteiger partial charge in [0.25, 0.3) is 11.6 Å². The predicted octanol–water partition coefficient (Wildman–Crippen LogP) is 2.37. The number of aromatic nitrogens is 3. The summed E-state index contributed by atoms with van der Waals surface area (Å²) in [6, 6.07) is 12.9. The van der Waals surface area contributed by atoms with Gasteiger partial charge in [0.1, 0.15) is 0 Å². The van der Waals surface area contributed by atoms with Crippen molar-refractivity contribution in [3.8, 4) is 5.69 Å². The zero-order valence-electron chi connectivity index (χ0n) is 16.7. The molecule has 0 aliphatic heterocycles. The Labute approximate surface area is 172 Å². The molecule has 0 fully saturated rings. The smallest absolute Gasteiger partial charge is 0.278 e. The monoisotopic (exact) mass is 408 g/mol. The molecule has 2 aromatic carbocycles. The molecule has 30 heavy (non-hydrogen) atoms. The van der Waals surface area contributed by atoms with E-state index in [0.717, 1.165) is 5.56 Å². The number of hydrogen-bond acceptors (Lipinski definition) is 6. The fourth-order valence-electron chi connectivity index (χ4n) is 2.75. The molecule has 0 saturated carbocycles. The lowest BCUT2D eigenvalue weighted by atomic mass is 10.1. The first-order valence-electron chi connectivity index (χ1n) is 9.04. The zero-order chi connectivity index (χ0) is 21.8. The first kappa shape index (κ1) is 20.6. The summed E-state index contributed by atoms with van der Waals surface area (Å²) in [7, 11) is 3.39. The molecule has 3 rings (SSSR count). The Balaban J connectivity index is 1.75. The summed E-state index contributed by atoms with van der Waals surface area (Å²) in [5, 5.41) is 21.6. The number of amides is 2. The minimum Gasteiger partial charge on any atom is -0.349 e. The van der Waals surface area contributed by atoms with Crippen molar-refractivity contribution >= 4 is 23.2 Å².